The van der Waals surface area contributed by atoms with Crippen molar-refractivity contribution in [2.45, 2.75) is 57.4 Å². The maximum absolute atomic E-state index is 12.4. The molecule has 1 saturated heterocycles. The highest BCUT2D eigenvalue weighted by atomic mass is 16.2. The second-order valence-electron chi connectivity index (χ2n) is 5.71. The van der Waals surface area contributed by atoms with Gasteiger partial charge in [-0.05, 0) is 38.0 Å². The molecule has 92 valence electrons. The lowest BCUT2D eigenvalue weighted by Crippen LogP contribution is -2.58. The SMILES string of the molecule is CC1CCCC(N)(C(=O)N2CCCCC2)C1. The Morgan fingerprint density at radius 1 is 1.25 bits per heavy atom. The van der Waals surface area contributed by atoms with Gasteiger partial charge in [0.05, 0.1) is 5.54 Å². The molecule has 2 atom stereocenters. The van der Waals surface area contributed by atoms with Gasteiger partial charge in [-0.25, -0.2) is 0 Å². The molecule has 2 aliphatic rings. The Kier molecular flexibility index (Phi) is 3.53. The predicted octanol–water partition coefficient (Wildman–Crippen LogP) is 1.91. The fourth-order valence-electron chi connectivity index (χ4n) is 3.20. The molecule has 0 bridgehead atoms. The summed E-state index contributed by atoms with van der Waals surface area (Å²) in [6.45, 7) is 4.06. The molecule has 3 heteroatoms. The average Bonchev–Trinajstić information content (AvgIpc) is 2.29. The Morgan fingerprint density at radius 2 is 1.94 bits per heavy atom. The van der Waals surface area contributed by atoms with Crippen LogP contribution in [0.15, 0.2) is 0 Å². The van der Waals surface area contributed by atoms with Gasteiger partial charge in [0.15, 0.2) is 0 Å². The molecule has 2 N–H and O–H groups in total. The number of amides is 1. The summed E-state index contributed by atoms with van der Waals surface area (Å²) in [7, 11) is 0. The number of hydrogen-bond donors (Lipinski definition) is 1. The lowest BCUT2D eigenvalue weighted by molar-refractivity contribution is -0.139. The number of nitrogens with zero attached hydrogens (tertiary/aromatic N) is 1. The summed E-state index contributed by atoms with van der Waals surface area (Å²) in [5.41, 5.74) is 5.79. The van der Waals surface area contributed by atoms with Crippen molar-refractivity contribution in [1.82, 2.24) is 4.90 Å². The zero-order valence-corrected chi connectivity index (χ0v) is 10.4. The Bertz CT molecular complexity index is 261. The van der Waals surface area contributed by atoms with E-state index in [-0.39, 0.29) is 5.91 Å². The smallest absolute Gasteiger partial charge is 0.242 e. The van der Waals surface area contributed by atoms with Gasteiger partial charge in [0.2, 0.25) is 5.91 Å². The van der Waals surface area contributed by atoms with Gasteiger partial charge in [-0.1, -0.05) is 19.8 Å². The van der Waals surface area contributed by atoms with Crippen molar-refractivity contribution in [3.05, 3.63) is 0 Å². The Morgan fingerprint density at radius 3 is 2.56 bits per heavy atom. The maximum atomic E-state index is 12.4. The highest BCUT2D eigenvalue weighted by molar-refractivity contribution is 5.86. The number of rotatable bonds is 1. The lowest BCUT2D eigenvalue weighted by Gasteiger charge is -2.40. The second kappa shape index (κ2) is 4.74. The molecular formula is C13H24N2O. The van der Waals surface area contributed by atoms with Crippen LogP contribution in [0.1, 0.15) is 51.9 Å². The monoisotopic (exact) mass is 224 g/mol. The first-order chi connectivity index (χ1) is 7.62. The minimum atomic E-state index is -0.547. The molecule has 2 fully saturated rings. The first-order valence-corrected chi connectivity index (χ1v) is 6.70. The van der Waals surface area contributed by atoms with E-state index in [0.29, 0.717) is 5.92 Å². The molecule has 0 aromatic rings. The molecule has 1 aliphatic carbocycles. The molecule has 1 aliphatic heterocycles. The number of carbonyl (C=O) groups excluding carboxylic acids is 1. The molecule has 0 aromatic heterocycles. The van der Waals surface area contributed by atoms with Crippen LogP contribution in [-0.2, 0) is 4.79 Å². The third-order valence-electron chi connectivity index (χ3n) is 4.10. The van der Waals surface area contributed by atoms with Crippen LogP contribution in [0.3, 0.4) is 0 Å². The van der Waals surface area contributed by atoms with Crippen molar-refractivity contribution in [2.24, 2.45) is 11.7 Å². The number of nitrogens with two attached hydrogens (primary N) is 1. The summed E-state index contributed by atoms with van der Waals surface area (Å²) in [6, 6.07) is 0. The summed E-state index contributed by atoms with van der Waals surface area (Å²) in [4.78, 5) is 14.4. The number of carbonyl (C=O) groups is 1. The van der Waals surface area contributed by atoms with Gasteiger partial charge >= 0.3 is 0 Å². The van der Waals surface area contributed by atoms with Crippen LogP contribution in [0.4, 0.5) is 0 Å². The lowest BCUT2D eigenvalue weighted by atomic mass is 9.76. The highest BCUT2D eigenvalue weighted by Gasteiger charge is 2.40. The van der Waals surface area contributed by atoms with E-state index in [0.717, 1.165) is 45.2 Å². The first kappa shape index (κ1) is 11.9. The zero-order chi connectivity index (χ0) is 11.6. The minimum absolute atomic E-state index is 0.221. The van der Waals surface area contributed by atoms with Crippen LogP contribution in [0.25, 0.3) is 0 Å². The van der Waals surface area contributed by atoms with Crippen molar-refractivity contribution in [1.29, 1.82) is 0 Å². The molecule has 0 aromatic carbocycles. The van der Waals surface area contributed by atoms with Crippen molar-refractivity contribution < 1.29 is 4.79 Å². The predicted molar refractivity (Wildman–Crippen MR) is 65.0 cm³/mol. The average molecular weight is 224 g/mol. The summed E-state index contributed by atoms with van der Waals surface area (Å²) < 4.78 is 0. The summed E-state index contributed by atoms with van der Waals surface area (Å²) in [5, 5.41) is 0. The Balaban J connectivity index is 2.01. The highest BCUT2D eigenvalue weighted by Crippen LogP contribution is 2.32. The number of hydrogen-bond acceptors (Lipinski definition) is 2. The van der Waals surface area contributed by atoms with Gasteiger partial charge in [0, 0.05) is 13.1 Å². The van der Waals surface area contributed by atoms with Gasteiger partial charge in [-0.2, -0.15) is 0 Å². The van der Waals surface area contributed by atoms with Crippen molar-refractivity contribution in [2.75, 3.05) is 13.1 Å². The largest absolute Gasteiger partial charge is 0.341 e. The summed E-state index contributed by atoms with van der Waals surface area (Å²) in [5.74, 6) is 0.825. The molecule has 2 unspecified atom stereocenters. The van der Waals surface area contributed by atoms with E-state index in [1.807, 2.05) is 4.90 Å². The van der Waals surface area contributed by atoms with E-state index in [2.05, 4.69) is 6.92 Å². The first-order valence-electron chi connectivity index (χ1n) is 6.70. The van der Waals surface area contributed by atoms with Gasteiger partial charge in [-0.15, -0.1) is 0 Å². The molecule has 16 heavy (non-hydrogen) atoms. The van der Waals surface area contributed by atoms with E-state index in [1.165, 1.54) is 12.8 Å². The molecule has 1 heterocycles. The molecular weight excluding hydrogens is 200 g/mol. The zero-order valence-electron chi connectivity index (χ0n) is 10.4. The standard InChI is InChI=1S/C13H24N2O/c1-11-6-5-7-13(14,10-11)12(16)15-8-3-2-4-9-15/h11H,2-10,14H2,1H3. The van der Waals surface area contributed by atoms with Crippen molar-refractivity contribution in [3.8, 4) is 0 Å². The quantitative estimate of drug-likeness (QED) is 0.739. The fraction of sp³-hybridized carbons (Fsp3) is 0.923. The van der Waals surface area contributed by atoms with E-state index in [4.69, 9.17) is 5.73 Å². The molecule has 0 spiro atoms. The van der Waals surface area contributed by atoms with Gasteiger partial charge in [0.1, 0.15) is 0 Å². The third kappa shape index (κ3) is 2.40. The number of piperidine rings is 1. The minimum Gasteiger partial charge on any atom is -0.341 e. The van der Waals surface area contributed by atoms with E-state index in [1.54, 1.807) is 0 Å². The molecule has 3 nitrogen and oxygen atoms in total. The number of likely N-dealkylation sites (tertiary alicyclic amines) is 1. The Hall–Kier alpha value is -0.570. The van der Waals surface area contributed by atoms with E-state index < -0.39 is 5.54 Å². The van der Waals surface area contributed by atoms with Crippen molar-refractivity contribution >= 4 is 5.91 Å². The van der Waals surface area contributed by atoms with Crippen LogP contribution in [0.5, 0.6) is 0 Å². The van der Waals surface area contributed by atoms with E-state index in [9.17, 15) is 4.79 Å². The molecule has 1 amide bonds. The normalized spacial score (nSPS) is 36.1. The van der Waals surface area contributed by atoms with Gasteiger partial charge in [-0.3, -0.25) is 4.79 Å². The summed E-state index contributed by atoms with van der Waals surface area (Å²) in [6.07, 6.45) is 7.66. The second-order valence-corrected chi connectivity index (χ2v) is 5.71. The molecule has 0 radical (unpaired) electrons. The van der Waals surface area contributed by atoms with Gasteiger partial charge < -0.3 is 10.6 Å². The van der Waals surface area contributed by atoms with Gasteiger partial charge in [0.25, 0.3) is 0 Å². The van der Waals surface area contributed by atoms with Crippen LogP contribution >= 0.6 is 0 Å². The molecule has 1 saturated carbocycles. The fourth-order valence-corrected chi connectivity index (χ4v) is 3.20. The van der Waals surface area contributed by atoms with E-state index >= 15 is 0 Å². The maximum Gasteiger partial charge on any atom is 0.242 e. The summed E-state index contributed by atoms with van der Waals surface area (Å²) >= 11 is 0. The topological polar surface area (TPSA) is 46.3 Å². The Labute approximate surface area is 98.4 Å². The third-order valence-corrected chi connectivity index (χ3v) is 4.10. The molecule has 2 rings (SSSR count). The van der Waals surface area contributed by atoms with Crippen LogP contribution in [0, 0.1) is 5.92 Å². The van der Waals surface area contributed by atoms with Crippen molar-refractivity contribution in [3.63, 3.8) is 0 Å². The van der Waals surface area contributed by atoms with Crippen LogP contribution < -0.4 is 5.73 Å². The van der Waals surface area contributed by atoms with Crippen LogP contribution in [0.2, 0.25) is 0 Å². The van der Waals surface area contributed by atoms with Crippen LogP contribution in [-0.4, -0.2) is 29.4 Å².